The van der Waals surface area contributed by atoms with Crippen molar-refractivity contribution in [3.63, 3.8) is 0 Å². The Morgan fingerprint density at radius 3 is 2.81 bits per heavy atom. The van der Waals surface area contributed by atoms with Gasteiger partial charge in [0, 0.05) is 33.7 Å². The lowest BCUT2D eigenvalue weighted by atomic mass is 10.2. The summed E-state index contributed by atoms with van der Waals surface area (Å²) < 4.78 is 3.06. The van der Waals surface area contributed by atoms with Crippen molar-refractivity contribution < 1.29 is 4.79 Å². The fourth-order valence-electron chi connectivity index (χ4n) is 2.96. The summed E-state index contributed by atoms with van der Waals surface area (Å²) in [5.74, 6) is -0.0445. The summed E-state index contributed by atoms with van der Waals surface area (Å²) in [6, 6.07) is 13.9. The molecule has 1 amide bonds. The molecule has 0 aliphatic rings. The minimum absolute atomic E-state index is 0.0445. The molecule has 0 radical (unpaired) electrons. The van der Waals surface area contributed by atoms with Crippen LogP contribution >= 0.6 is 27.3 Å². The van der Waals surface area contributed by atoms with Crippen molar-refractivity contribution in [3.8, 4) is 11.3 Å². The van der Waals surface area contributed by atoms with E-state index < -0.39 is 0 Å². The van der Waals surface area contributed by atoms with Gasteiger partial charge in [0.2, 0.25) is 5.91 Å². The van der Waals surface area contributed by atoms with Gasteiger partial charge in [-0.1, -0.05) is 34.1 Å². The van der Waals surface area contributed by atoms with Crippen molar-refractivity contribution in [3.05, 3.63) is 69.9 Å². The van der Waals surface area contributed by atoms with Crippen LogP contribution in [0, 0.1) is 6.92 Å². The van der Waals surface area contributed by atoms with Gasteiger partial charge in [0.25, 0.3) is 0 Å². The SMILES string of the molecule is Cc1nc2ccccn2c1CCC(=O)Nc1nc(-c2ccc(Br)cc2)cs1. The minimum Gasteiger partial charge on any atom is -0.304 e. The Morgan fingerprint density at radius 1 is 1.19 bits per heavy atom. The molecule has 0 aliphatic heterocycles. The number of aromatic nitrogens is 3. The lowest BCUT2D eigenvalue weighted by Gasteiger charge is -2.04. The van der Waals surface area contributed by atoms with Crippen molar-refractivity contribution in [1.82, 2.24) is 14.4 Å². The van der Waals surface area contributed by atoms with E-state index in [0.29, 0.717) is 18.0 Å². The molecule has 0 saturated carbocycles. The summed E-state index contributed by atoms with van der Waals surface area (Å²) in [5.41, 5.74) is 4.82. The molecule has 4 rings (SSSR count). The molecule has 0 atom stereocenters. The number of pyridine rings is 1. The Kier molecular flexibility index (Phi) is 5.05. The molecule has 0 bridgehead atoms. The molecule has 3 aromatic heterocycles. The Bertz CT molecular complexity index is 1100. The van der Waals surface area contributed by atoms with E-state index in [2.05, 4.69) is 31.2 Å². The number of halogens is 1. The predicted octanol–water partition coefficient (Wildman–Crippen LogP) is 5.10. The number of imidazole rings is 1. The molecule has 3 heterocycles. The normalized spacial score (nSPS) is 11.0. The van der Waals surface area contributed by atoms with Crippen molar-refractivity contribution >= 4 is 44.0 Å². The van der Waals surface area contributed by atoms with E-state index in [9.17, 15) is 4.79 Å². The average Bonchev–Trinajstić information content (AvgIpc) is 3.24. The van der Waals surface area contributed by atoms with Crippen LogP contribution in [0.2, 0.25) is 0 Å². The van der Waals surface area contributed by atoms with Gasteiger partial charge in [0.05, 0.1) is 11.4 Å². The maximum atomic E-state index is 12.4. The number of carbonyl (C=O) groups is 1. The zero-order valence-electron chi connectivity index (χ0n) is 14.6. The highest BCUT2D eigenvalue weighted by Crippen LogP contribution is 2.26. The van der Waals surface area contributed by atoms with Crippen LogP contribution in [0.5, 0.6) is 0 Å². The third-order valence-electron chi connectivity index (χ3n) is 4.31. The second-order valence-corrected chi connectivity index (χ2v) is 7.94. The van der Waals surface area contributed by atoms with Crippen LogP contribution in [0.3, 0.4) is 0 Å². The van der Waals surface area contributed by atoms with E-state index in [1.165, 1.54) is 11.3 Å². The second-order valence-electron chi connectivity index (χ2n) is 6.17. The lowest BCUT2D eigenvalue weighted by molar-refractivity contribution is -0.116. The van der Waals surface area contributed by atoms with Crippen molar-refractivity contribution in [2.24, 2.45) is 0 Å². The Labute approximate surface area is 169 Å². The first-order valence-corrected chi connectivity index (χ1v) is 10.2. The van der Waals surface area contributed by atoms with Crippen LogP contribution in [0.4, 0.5) is 5.13 Å². The second kappa shape index (κ2) is 7.62. The first-order valence-electron chi connectivity index (χ1n) is 8.54. The molecule has 7 heteroatoms. The molecule has 0 unspecified atom stereocenters. The number of nitrogens with one attached hydrogen (secondary N) is 1. The van der Waals surface area contributed by atoms with Gasteiger partial charge in [-0.05, 0) is 37.6 Å². The number of fused-ring (bicyclic) bond motifs is 1. The standard InChI is InChI=1S/C20H17BrN4OS/c1-13-17(25-11-3-2-4-18(25)22-13)9-10-19(26)24-20-23-16(12-27-20)14-5-7-15(21)8-6-14/h2-8,11-12H,9-10H2,1H3,(H,23,24,26). The molecule has 136 valence electrons. The highest BCUT2D eigenvalue weighted by atomic mass is 79.9. The first kappa shape index (κ1) is 17.9. The average molecular weight is 441 g/mol. The molecule has 1 aromatic carbocycles. The summed E-state index contributed by atoms with van der Waals surface area (Å²) in [5, 5.41) is 5.47. The van der Waals surface area contributed by atoms with Crippen molar-refractivity contribution in [2.75, 3.05) is 5.32 Å². The zero-order chi connectivity index (χ0) is 18.8. The topological polar surface area (TPSA) is 59.3 Å². The third kappa shape index (κ3) is 3.94. The molecule has 4 aromatic rings. The summed E-state index contributed by atoms with van der Waals surface area (Å²) in [6.45, 7) is 1.98. The number of aryl methyl sites for hydroxylation is 2. The van der Waals surface area contributed by atoms with E-state index in [-0.39, 0.29) is 5.91 Å². The van der Waals surface area contributed by atoms with Gasteiger partial charge in [0.1, 0.15) is 5.65 Å². The third-order valence-corrected chi connectivity index (χ3v) is 5.59. The predicted molar refractivity (Wildman–Crippen MR) is 112 cm³/mol. The Hall–Kier alpha value is -2.51. The van der Waals surface area contributed by atoms with Crippen LogP contribution in [0.25, 0.3) is 16.9 Å². The first-order chi connectivity index (χ1) is 13.1. The summed E-state index contributed by atoms with van der Waals surface area (Å²) >= 11 is 4.86. The molecule has 0 saturated heterocycles. The Morgan fingerprint density at radius 2 is 2.00 bits per heavy atom. The smallest absolute Gasteiger partial charge is 0.226 e. The number of thiazole rings is 1. The van der Waals surface area contributed by atoms with Gasteiger partial charge in [-0.15, -0.1) is 11.3 Å². The highest BCUT2D eigenvalue weighted by molar-refractivity contribution is 9.10. The van der Waals surface area contributed by atoms with E-state index >= 15 is 0 Å². The van der Waals surface area contributed by atoms with Crippen LogP contribution in [-0.4, -0.2) is 20.3 Å². The number of rotatable bonds is 5. The zero-order valence-corrected chi connectivity index (χ0v) is 17.0. The number of anilines is 1. The highest BCUT2D eigenvalue weighted by Gasteiger charge is 2.12. The van der Waals surface area contributed by atoms with Crippen LogP contribution in [0.1, 0.15) is 17.8 Å². The van der Waals surface area contributed by atoms with E-state index in [0.717, 1.165) is 32.8 Å². The number of hydrogen-bond acceptors (Lipinski definition) is 4. The van der Waals surface area contributed by atoms with Crippen LogP contribution in [-0.2, 0) is 11.2 Å². The van der Waals surface area contributed by atoms with Crippen LogP contribution < -0.4 is 5.32 Å². The van der Waals surface area contributed by atoms with Crippen LogP contribution in [0.15, 0.2) is 58.5 Å². The molecule has 1 N–H and O–H groups in total. The molecule has 5 nitrogen and oxygen atoms in total. The van der Waals surface area contributed by atoms with E-state index in [4.69, 9.17) is 0 Å². The molecule has 0 aliphatic carbocycles. The maximum absolute atomic E-state index is 12.4. The maximum Gasteiger partial charge on any atom is 0.226 e. The van der Waals surface area contributed by atoms with Gasteiger partial charge in [-0.2, -0.15) is 0 Å². The summed E-state index contributed by atoms with van der Waals surface area (Å²) in [4.78, 5) is 21.4. The van der Waals surface area contributed by atoms with Gasteiger partial charge in [-0.3, -0.25) is 4.79 Å². The largest absolute Gasteiger partial charge is 0.304 e. The van der Waals surface area contributed by atoms with Gasteiger partial charge in [-0.25, -0.2) is 9.97 Å². The number of carbonyl (C=O) groups excluding carboxylic acids is 1. The Balaban J connectivity index is 1.41. The van der Waals surface area contributed by atoms with E-state index in [1.54, 1.807) is 0 Å². The minimum atomic E-state index is -0.0445. The molecule has 0 spiro atoms. The number of amides is 1. The number of benzene rings is 1. The van der Waals surface area contributed by atoms with Crippen molar-refractivity contribution in [2.45, 2.75) is 19.8 Å². The van der Waals surface area contributed by atoms with E-state index in [1.807, 2.05) is 65.4 Å². The summed E-state index contributed by atoms with van der Waals surface area (Å²) in [7, 11) is 0. The molecule has 0 fully saturated rings. The fraction of sp³-hybridized carbons (Fsp3) is 0.150. The molecular formula is C20H17BrN4OS. The monoisotopic (exact) mass is 440 g/mol. The van der Waals surface area contributed by atoms with Gasteiger partial charge in [0.15, 0.2) is 5.13 Å². The molecular weight excluding hydrogens is 424 g/mol. The number of nitrogens with zero attached hydrogens (tertiary/aromatic N) is 3. The fourth-order valence-corrected chi connectivity index (χ4v) is 3.96. The van der Waals surface area contributed by atoms with Crippen molar-refractivity contribution in [1.29, 1.82) is 0 Å². The summed E-state index contributed by atoms with van der Waals surface area (Å²) in [6.07, 6.45) is 3.00. The quantitative estimate of drug-likeness (QED) is 0.469. The van der Waals surface area contributed by atoms with Gasteiger partial charge >= 0.3 is 0 Å². The van der Waals surface area contributed by atoms with Gasteiger partial charge < -0.3 is 9.72 Å². The number of hydrogen-bond donors (Lipinski definition) is 1. The lowest BCUT2D eigenvalue weighted by Crippen LogP contribution is -2.13. The molecule has 27 heavy (non-hydrogen) atoms.